The molecule has 0 aliphatic heterocycles. The molecule has 3 heterocycles. The number of aliphatic hydroxyl groups is 1. The monoisotopic (exact) mass is 394 g/mol. The number of oxime groups is 1. The van der Waals surface area contributed by atoms with Crippen molar-refractivity contribution >= 4 is 22.3 Å². The molecule has 0 unspecified atom stereocenters. The summed E-state index contributed by atoms with van der Waals surface area (Å²) in [7, 11) is 0. The predicted octanol–water partition coefficient (Wildman–Crippen LogP) is 2.70. The largest absolute Gasteiger partial charge is 0.393 e. The highest BCUT2D eigenvalue weighted by Crippen LogP contribution is 2.28. The maximum Gasteiger partial charge on any atom is 0.177 e. The van der Waals surface area contributed by atoms with Gasteiger partial charge < -0.3 is 9.94 Å². The molecule has 0 aliphatic rings. The van der Waals surface area contributed by atoms with Gasteiger partial charge in [-0.05, 0) is 36.8 Å². The third kappa shape index (κ3) is 3.64. The van der Waals surface area contributed by atoms with Crippen molar-refractivity contribution < 1.29 is 14.3 Å². The summed E-state index contributed by atoms with van der Waals surface area (Å²) in [6, 6.07) is 10.4. The zero-order valence-electron chi connectivity index (χ0n) is 15.9. The number of hydrogen-bond acceptors (Lipinski definition) is 7. The number of nitrogens with zero attached hydrogens (tertiary/aromatic N) is 6. The van der Waals surface area contributed by atoms with Gasteiger partial charge in [0.05, 0.1) is 12.1 Å². The van der Waals surface area contributed by atoms with E-state index in [-0.39, 0.29) is 24.9 Å². The Labute approximate surface area is 165 Å². The van der Waals surface area contributed by atoms with Gasteiger partial charge in [-0.1, -0.05) is 18.1 Å². The summed E-state index contributed by atoms with van der Waals surface area (Å²) in [6.07, 6.45) is 1.64. The number of aliphatic hydroxyl groups excluding tert-OH is 1. The quantitative estimate of drug-likeness (QED) is 0.307. The van der Waals surface area contributed by atoms with Crippen molar-refractivity contribution in [3.8, 4) is 0 Å². The van der Waals surface area contributed by atoms with Gasteiger partial charge in [-0.2, -0.15) is 9.61 Å². The van der Waals surface area contributed by atoms with Crippen molar-refractivity contribution in [1.29, 1.82) is 0 Å². The van der Waals surface area contributed by atoms with Gasteiger partial charge in [0.15, 0.2) is 11.5 Å². The lowest BCUT2D eigenvalue weighted by atomic mass is 9.98. The molecular formula is C20H19FN6O2. The second kappa shape index (κ2) is 7.88. The topological polar surface area (TPSA) is 97.8 Å². The van der Waals surface area contributed by atoms with Crippen LogP contribution in [0.5, 0.6) is 0 Å². The first-order valence-corrected chi connectivity index (χ1v) is 9.13. The van der Waals surface area contributed by atoms with Crippen molar-refractivity contribution in [2.24, 2.45) is 5.16 Å². The lowest BCUT2D eigenvalue weighted by Crippen LogP contribution is -2.10. The number of hydrogen-bond donors (Lipinski definition) is 1. The molecule has 0 aliphatic carbocycles. The number of fused-ring (bicyclic) bond motifs is 2. The first kappa shape index (κ1) is 18.9. The van der Waals surface area contributed by atoms with Crippen LogP contribution in [0.4, 0.5) is 4.39 Å². The van der Waals surface area contributed by atoms with E-state index < -0.39 is 0 Å². The van der Waals surface area contributed by atoms with Crippen LogP contribution >= 0.6 is 0 Å². The van der Waals surface area contributed by atoms with Crippen molar-refractivity contribution in [1.82, 2.24) is 24.8 Å². The van der Waals surface area contributed by atoms with Crippen LogP contribution in [0, 0.1) is 5.82 Å². The van der Waals surface area contributed by atoms with Crippen molar-refractivity contribution in [3.63, 3.8) is 0 Å². The van der Waals surface area contributed by atoms with Gasteiger partial charge in [-0.3, -0.25) is 4.98 Å². The SMILES string of the molecule is CC(=NOCCO)c1ccc2nnc([C@H](C)c3cc4cccnc4cc3F)n2n1. The summed E-state index contributed by atoms with van der Waals surface area (Å²) < 4.78 is 16.3. The van der Waals surface area contributed by atoms with Gasteiger partial charge in [0.1, 0.15) is 23.8 Å². The molecule has 3 aromatic heterocycles. The summed E-state index contributed by atoms with van der Waals surface area (Å²) in [5.74, 6) is -0.236. The normalized spacial score (nSPS) is 13.2. The Morgan fingerprint density at radius 2 is 2.14 bits per heavy atom. The minimum atomic E-state index is -0.389. The summed E-state index contributed by atoms with van der Waals surface area (Å²) >= 11 is 0. The second-order valence-corrected chi connectivity index (χ2v) is 6.57. The first-order chi connectivity index (χ1) is 14.1. The van der Waals surface area contributed by atoms with Crippen LogP contribution in [0.3, 0.4) is 0 Å². The number of rotatable bonds is 6. The third-order valence-electron chi connectivity index (χ3n) is 4.62. The molecule has 9 heteroatoms. The molecule has 0 saturated heterocycles. The van der Waals surface area contributed by atoms with Gasteiger partial charge in [0, 0.05) is 23.6 Å². The lowest BCUT2D eigenvalue weighted by Gasteiger charge is -2.12. The van der Waals surface area contributed by atoms with Gasteiger partial charge in [-0.15, -0.1) is 10.2 Å². The smallest absolute Gasteiger partial charge is 0.177 e. The van der Waals surface area contributed by atoms with Crippen LogP contribution in [0.2, 0.25) is 0 Å². The number of aromatic nitrogens is 5. The molecule has 0 radical (unpaired) electrons. The zero-order valence-corrected chi connectivity index (χ0v) is 15.9. The fourth-order valence-corrected chi connectivity index (χ4v) is 3.08. The van der Waals surface area contributed by atoms with Crippen molar-refractivity contribution in [2.45, 2.75) is 19.8 Å². The fraction of sp³-hybridized carbons (Fsp3) is 0.250. The Hall–Kier alpha value is -3.46. The molecule has 4 rings (SSSR count). The van der Waals surface area contributed by atoms with Crippen molar-refractivity contribution in [3.05, 3.63) is 65.5 Å². The zero-order chi connectivity index (χ0) is 20.4. The third-order valence-corrected chi connectivity index (χ3v) is 4.62. The van der Waals surface area contributed by atoms with E-state index in [0.717, 1.165) is 5.39 Å². The Morgan fingerprint density at radius 3 is 2.97 bits per heavy atom. The maximum absolute atomic E-state index is 14.8. The molecule has 0 bridgehead atoms. The Balaban J connectivity index is 1.75. The average molecular weight is 394 g/mol. The minimum absolute atomic E-state index is 0.102. The number of pyridine rings is 1. The van der Waals surface area contributed by atoms with Gasteiger partial charge >= 0.3 is 0 Å². The van der Waals surface area contributed by atoms with E-state index in [1.165, 1.54) is 6.07 Å². The van der Waals surface area contributed by atoms with E-state index in [1.54, 1.807) is 35.8 Å². The van der Waals surface area contributed by atoms with Crippen LogP contribution in [0.1, 0.15) is 36.8 Å². The Kier molecular flexibility index (Phi) is 5.13. The van der Waals surface area contributed by atoms with Crippen LogP contribution in [0.15, 0.2) is 47.8 Å². The molecule has 1 N–H and O–H groups in total. The lowest BCUT2D eigenvalue weighted by molar-refractivity contribution is 0.0986. The Morgan fingerprint density at radius 1 is 1.28 bits per heavy atom. The van der Waals surface area contributed by atoms with E-state index in [4.69, 9.17) is 9.94 Å². The number of halogens is 1. The predicted molar refractivity (Wildman–Crippen MR) is 105 cm³/mol. The first-order valence-electron chi connectivity index (χ1n) is 9.13. The van der Waals surface area contributed by atoms with E-state index >= 15 is 0 Å². The molecular weight excluding hydrogens is 375 g/mol. The van der Waals surface area contributed by atoms with Crippen LogP contribution in [0.25, 0.3) is 16.6 Å². The maximum atomic E-state index is 14.8. The molecule has 29 heavy (non-hydrogen) atoms. The van der Waals surface area contributed by atoms with E-state index in [9.17, 15) is 4.39 Å². The highest BCUT2D eigenvalue weighted by molar-refractivity contribution is 5.96. The Bertz CT molecular complexity index is 1210. The number of benzene rings is 1. The van der Waals surface area contributed by atoms with E-state index in [1.807, 2.05) is 19.1 Å². The molecule has 148 valence electrons. The summed E-state index contributed by atoms with van der Waals surface area (Å²) in [5, 5.41) is 26.5. The van der Waals surface area contributed by atoms with E-state index in [2.05, 4.69) is 25.4 Å². The van der Waals surface area contributed by atoms with Gasteiger partial charge in [0.2, 0.25) is 0 Å². The minimum Gasteiger partial charge on any atom is -0.393 e. The standard InChI is InChI=1S/C20H19FN6O2/c1-12(15-10-14-4-3-7-22-18(14)11-16(15)21)20-24-23-19-6-5-17(25-27(19)20)13(2)26-29-9-8-28/h3-7,10-12,28H,8-9H2,1-2H3/t12-/m1/s1. The van der Waals surface area contributed by atoms with Crippen LogP contribution < -0.4 is 0 Å². The molecule has 0 fully saturated rings. The summed E-state index contributed by atoms with van der Waals surface area (Å²) in [5.41, 5.74) is 2.73. The highest BCUT2D eigenvalue weighted by atomic mass is 19.1. The molecule has 0 spiro atoms. The molecule has 8 nitrogen and oxygen atoms in total. The molecule has 1 aromatic carbocycles. The molecule has 4 aromatic rings. The van der Waals surface area contributed by atoms with Gasteiger partial charge in [0.25, 0.3) is 0 Å². The van der Waals surface area contributed by atoms with Crippen molar-refractivity contribution in [2.75, 3.05) is 13.2 Å². The summed E-state index contributed by atoms with van der Waals surface area (Å²) in [6.45, 7) is 3.58. The molecule has 1 atom stereocenters. The summed E-state index contributed by atoms with van der Waals surface area (Å²) in [4.78, 5) is 9.19. The van der Waals surface area contributed by atoms with Crippen LogP contribution in [-0.4, -0.2) is 48.8 Å². The highest BCUT2D eigenvalue weighted by Gasteiger charge is 2.21. The average Bonchev–Trinajstić information content (AvgIpc) is 3.16. The molecule has 0 amide bonds. The molecule has 0 saturated carbocycles. The van der Waals surface area contributed by atoms with Gasteiger partial charge in [-0.25, -0.2) is 4.39 Å². The second-order valence-electron chi connectivity index (χ2n) is 6.57. The fourth-order valence-electron chi connectivity index (χ4n) is 3.08. The van der Waals surface area contributed by atoms with E-state index in [0.29, 0.717) is 34.0 Å². The van der Waals surface area contributed by atoms with Crippen LogP contribution in [-0.2, 0) is 4.84 Å².